The highest BCUT2D eigenvalue weighted by atomic mass is 16.7. The van der Waals surface area contributed by atoms with Crippen molar-refractivity contribution in [1.29, 1.82) is 0 Å². The Labute approximate surface area is 316 Å². The molecule has 0 aliphatic carbocycles. The molecule has 52 heavy (non-hydrogen) atoms. The Kier molecular flexibility index (Phi) is 30.9. The Balaban J connectivity index is 2.46. The van der Waals surface area contributed by atoms with Gasteiger partial charge in [-0.2, -0.15) is 0 Å². The zero-order valence-electron chi connectivity index (χ0n) is 32.9. The number of carbonyl (C=O) groups is 1. The highest BCUT2D eigenvalue weighted by Gasteiger charge is 2.44. The van der Waals surface area contributed by atoms with Crippen LogP contribution in [0.25, 0.3) is 0 Å². The number of amides is 1. The van der Waals surface area contributed by atoms with Crippen molar-refractivity contribution in [3.8, 4) is 0 Å². The fourth-order valence-electron chi connectivity index (χ4n) is 6.66. The van der Waals surface area contributed by atoms with E-state index in [1.54, 1.807) is 0 Å². The third-order valence-corrected chi connectivity index (χ3v) is 10.2. The van der Waals surface area contributed by atoms with Crippen LogP contribution in [0.15, 0.2) is 24.3 Å². The van der Waals surface area contributed by atoms with Crippen molar-refractivity contribution >= 4 is 5.91 Å². The molecule has 7 N–H and O–H groups in total. The van der Waals surface area contributed by atoms with Gasteiger partial charge < -0.3 is 45.4 Å². The molecule has 1 aliphatic rings. The number of allylic oxidation sites excluding steroid dienone is 4. The van der Waals surface area contributed by atoms with Crippen LogP contribution in [-0.4, -0.2) is 98.7 Å². The lowest BCUT2D eigenvalue weighted by Crippen LogP contribution is -2.60. The SMILES string of the molecule is CCCCCC=CC=CCCCCCCCCC(=O)N[C@@H](COC1OC(CO)C(O)C(O)C1O)[C@H](O)[C@H](O)CCCCCCCCCCCCCC. The van der Waals surface area contributed by atoms with E-state index in [1.165, 1.54) is 70.6 Å². The van der Waals surface area contributed by atoms with E-state index in [1.807, 2.05) is 0 Å². The molecule has 0 spiro atoms. The van der Waals surface area contributed by atoms with Crippen LogP contribution in [0, 0.1) is 0 Å². The molecule has 1 heterocycles. The molecule has 306 valence electrons. The number of aliphatic hydroxyl groups excluding tert-OH is 6. The minimum atomic E-state index is -1.61. The van der Waals surface area contributed by atoms with Crippen LogP contribution >= 0.6 is 0 Å². The van der Waals surface area contributed by atoms with E-state index >= 15 is 0 Å². The van der Waals surface area contributed by atoms with Crippen LogP contribution < -0.4 is 5.32 Å². The number of hydrogen-bond donors (Lipinski definition) is 7. The molecule has 0 saturated carbocycles. The molecule has 0 aromatic heterocycles. The van der Waals surface area contributed by atoms with Crippen LogP contribution in [0.3, 0.4) is 0 Å². The van der Waals surface area contributed by atoms with E-state index in [0.717, 1.165) is 70.6 Å². The molecule has 1 saturated heterocycles. The molecule has 10 heteroatoms. The molecule has 8 atom stereocenters. The van der Waals surface area contributed by atoms with Gasteiger partial charge in [0.25, 0.3) is 0 Å². The Hall–Kier alpha value is -1.37. The Bertz CT molecular complexity index is 886. The minimum absolute atomic E-state index is 0.269. The minimum Gasteiger partial charge on any atom is -0.394 e. The molecule has 0 aromatic rings. The lowest BCUT2D eigenvalue weighted by Gasteiger charge is -2.40. The Morgan fingerprint density at radius 3 is 1.71 bits per heavy atom. The molecule has 0 radical (unpaired) electrons. The van der Waals surface area contributed by atoms with Gasteiger partial charge >= 0.3 is 0 Å². The normalized spacial score (nSPS) is 22.7. The van der Waals surface area contributed by atoms with Crippen LogP contribution in [-0.2, 0) is 14.3 Å². The Morgan fingerprint density at radius 1 is 0.673 bits per heavy atom. The highest BCUT2D eigenvalue weighted by Crippen LogP contribution is 2.23. The van der Waals surface area contributed by atoms with Crippen LogP contribution in [0.4, 0.5) is 0 Å². The predicted molar refractivity (Wildman–Crippen MR) is 209 cm³/mol. The van der Waals surface area contributed by atoms with Gasteiger partial charge in [-0.1, -0.05) is 154 Å². The summed E-state index contributed by atoms with van der Waals surface area (Å²) in [6.45, 7) is 3.54. The van der Waals surface area contributed by atoms with Gasteiger partial charge in [-0.05, 0) is 38.5 Å². The van der Waals surface area contributed by atoms with E-state index in [-0.39, 0.29) is 18.9 Å². The number of hydrogen-bond acceptors (Lipinski definition) is 9. The summed E-state index contributed by atoms with van der Waals surface area (Å²) in [5.74, 6) is -0.271. The molecule has 10 nitrogen and oxygen atoms in total. The third-order valence-electron chi connectivity index (χ3n) is 10.2. The summed E-state index contributed by atoms with van der Waals surface area (Å²) >= 11 is 0. The molecule has 0 aromatic carbocycles. The standard InChI is InChI=1S/C42H79NO9/c1-3-5-7-9-11-13-15-17-18-19-21-23-25-27-29-31-37(46)43-34(33-51-42-41(50)40(49)39(48)36(32-44)52-42)38(47)35(45)30-28-26-24-22-20-16-14-12-10-8-6-4-2/h11,13,15,17,34-36,38-42,44-45,47-50H,3-10,12,14,16,18-33H2,1-2H3,(H,43,46)/t34-,35+,36?,38-,39?,40?,41?,42?/m0/s1. The molecular formula is C42H79NO9. The highest BCUT2D eigenvalue weighted by molar-refractivity contribution is 5.76. The lowest BCUT2D eigenvalue weighted by atomic mass is 9.98. The summed E-state index contributed by atoms with van der Waals surface area (Å²) in [6.07, 6.45) is 26.1. The van der Waals surface area contributed by atoms with Crippen LogP contribution in [0.1, 0.15) is 174 Å². The molecule has 1 rings (SSSR count). The zero-order chi connectivity index (χ0) is 38.2. The Morgan fingerprint density at radius 2 is 1.15 bits per heavy atom. The van der Waals surface area contributed by atoms with Gasteiger partial charge in [-0.15, -0.1) is 0 Å². The second kappa shape index (κ2) is 33.0. The number of nitrogens with one attached hydrogen (secondary N) is 1. The van der Waals surface area contributed by atoms with Crippen molar-refractivity contribution in [3.05, 3.63) is 24.3 Å². The van der Waals surface area contributed by atoms with Gasteiger partial charge in [0.15, 0.2) is 6.29 Å². The summed E-state index contributed by atoms with van der Waals surface area (Å²) in [5.41, 5.74) is 0. The summed E-state index contributed by atoms with van der Waals surface area (Å²) in [4.78, 5) is 12.9. The first-order valence-corrected chi connectivity index (χ1v) is 21.2. The third kappa shape index (κ3) is 23.4. The molecule has 5 unspecified atom stereocenters. The van der Waals surface area contributed by atoms with Crippen molar-refractivity contribution < 1.29 is 44.9 Å². The molecular weight excluding hydrogens is 662 g/mol. The maximum atomic E-state index is 12.9. The van der Waals surface area contributed by atoms with E-state index < -0.39 is 55.6 Å². The van der Waals surface area contributed by atoms with Gasteiger partial charge in [-0.25, -0.2) is 0 Å². The van der Waals surface area contributed by atoms with Gasteiger partial charge in [0.2, 0.25) is 5.91 Å². The fraction of sp³-hybridized carbons (Fsp3) is 0.881. The van der Waals surface area contributed by atoms with Crippen molar-refractivity contribution in [1.82, 2.24) is 5.32 Å². The van der Waals surface area contributed by atoms with Crippen LogP contribution in [0.5, 0.6) is 0 Å². The van der Waals surface area contributed by atoms with Crippen molar-refractivity contribution in [3.63, 3.8) is 0 Å². The van der Waals surface area contributed by atoms with E-state index in [2.05, 4.69) is 43.5 Å². The zero-order valence-corrected chi connectivity index (χ0v) is 32.9. The maximum absolute atomic E-state index is 12.9. The topological polar surface area (TPSA) is 169 Å². The lowest BCUT2D eigenvalue weighted by molar-refractivity contribution is -0.303. The summed E-state index contributed by atoms with van der Waals surface area (Å²) in [7, 11) is 0. The predicted octanol–water partition coefficient (Wildman–Crippen LogP) is 6.91. The number of unbranched alkanes of at least 4 members (excludes halogenated alkanes) is 20. The van der Waals surface area contributed by atoms with E-state index in [0.29, 0.717) is 12.8 Å². The molecule has 1 aliphatic heterocycles. The quantitative estimate of drug-likeness (QED) is 0.0274. The first-order valence-electron chi connectivity index (χ1n) is 21.2. The van der Waals surface area contributed by atoms with Gasteiger partial charge in [0.05, 0.1) is 25.4 Å². The molecule has 0 bridgehead atoms. The first-order chi connectivity index (χ1) is 25.3. The number of rotatable bonds is 34. The average Bonchev–Trinajstić information content (AvgIpc) is 3.14. The average molecular weight is 742 g/mol. The summed E-state index contributed by atoms with van der Waals surface area (Å²) < 4.78 is 11.1. The number of ether oxygens (including phenoxy) is 2. The van der Waals surface area contributed by atoms with Gasteiger partial charge in [-0.3, -0.25) is 4.79 Å². The maximum Gasteiger partial charge on any atom is 0.220 e. The van der Waals surface area contributed by atoms with Crippen LogP contribution in [0.2, 0.25) is 0 Å². The second-order valence-electron chi connectivity index (χ2n) is 15.0. The van der Waals surface area contributed by atoms with E-state index in [9.17, 15) is 35.4 Å². The first kappa shape index (κ1) is 48.6. The summed E-state index contributed by atoms with van der Waals surface area (Å²) in [5, 5.41) is 64.9. The fourth-order valence-corrected chi connectivity index (χ4v) is 6.66. The smallest absolute Gasteiger partial charge is 0.220 e. The van der Waals surface area contributed by atoms with Crippen molar-refractivity contribution in [2.45, 2.75) is 223 Å². The summed E-state index contributed by atoms with van der Waals surface area (Å²) in [6, 6.07) is -0.994. The number of aliphatic hydroxyl groups is 6. The van der Waals surface area contributed by atoms with Crippen molar-refractivity contribution in [2.75, 3.05) is 13.2 Å². The van der Waals surface area contributed by atoms with Gasteiger partial charge in [0, 0.05) is 6.42 Å². The van der Waals surface area contributed by atoms with Crippen molar-refractivity contribution in [2.24, 2.45) is 0 Å². The van der Waals surface area contributed by atoms with E-state index in [4.69, 9.17) is 9.47 Å². The largest absolute Gasteiger partial charge is 0.394 e. The number of carbonyl (C=O) groups excluding carboxylic acids is 1. The molecule has 1 fully saturated rings. The molecule has 1 amide bonds. The van der Waals surface area contributed by atoms with Gasteiger partial charge in [0.1, 0.15) is 30.5 Å². The second-order valence-corrected chi connectivity index (χ2v) is 15.0. The monoisotopic (exact) mass is 742 g/mol.